The minimum atomic E-state index is -1.00. The molecule has 0 aliphatic carbocycles. The van der Waals surface area contributed by atoms with Crippen LogP contribution in [-0.4, -0.2) is 27.9 Å². The summed E-state index contributed by atoms with van der Waals surface area (Å²) in [6.07, 6.45) is 0. The molecule has 0 unspecified atom stereocenters. The van der Waals surface area contributed by atoms with E-state index in [0.717, 1.165) is 0 Å². The first kappa shape index (κ1) is 13.2. The van der Waals surface area contributed by atoms with E-state index in [9.17, 15) is 9.18 Å². The molecule has 0 saturated heterocycles. The number of aromatic nitrogens is 2. The molecular weight excluding hydrogens is 251 g/mol. The normalized spacial score (nSPS) is 11.5. The molecule has 0 amide bonds. The van der Waals surface area contributed by atoms with Gasteiger partial charge in [0.15, 0.2) is 0 Å². The smallest absolute Gasteiger partial charge is 0.335 e. The SMILES string of the molecule is CC(C)(CF)c1nnc(-c2ccc(C(=O)O)cc2)o1. The van der Waals surface area contributed by atoms with Crippen molar-refractivity contribution in [3.8, 4) is 11.5 Å². The first-order chi connectivity index (χ1) is 8.94. The Balaban J connectivity index is 2.30. The zero-order valence-corrected chi connectivity index (χ0v) is 10.6. The van der Waals surface area contributed by atoms with Gasteiger partial charge in [0.05, 0.1) is 11.0 Å². The second-order valence-electron chi connectivity index (χ2n) is 4.81. The lowest BCUT2D eigenvalue weighted by molar-refractivity contribution is 0.0697. The number of carbonyl (C=O) groups is 1. The number of halogens is 1. The second-order valence-corrected chi connectivity index (χ2v) is 4.81. The van der Waals surface area contributed by atoms with Crippen LogP contribution in [-0.2, 0) is 5.41 Å². The largest absolute Gasteiger partial charge is 0.478 e. The maximum Gasteiger partial charge on any atom is 0.335 e. The number of hydrogen-bond acceptors (Lipinski definition) is 4. The van der Waals surface area contributed by atoms with Crippen LogP contribution in [0.25, 0.3) is 11.5 Å². The molecule has 0 aliphatic rings. The average molecular weight is 264 g/mol. The molecule has 19 heavy (non-hydrogen) atoms. The maximum atomic E-state index is 12.8. The lowest BCUT2D eigenvalue weighted by Crippen LogP contribution is -2.20. The quantitative estimate of drug-likeness (QED) is 0.918. The van der Waals surface area contributed by atoms with E-state index in [1.165, 1.54) is 12.1 Å². The maximum absolute atomic E-state index is 12.8. The fourth-order valence-electron chi connectivity index (χ4n) is 1.43. The Morgan fingerprint density at radius 1 is 1.32 bits per heavy atom. The van der Waals surface area contributed by atoms with Gasteiger partial charge >= 0.3 is 5.97 Å². The number of hydrogen-bond donors (Lipinski definition) is 1. The van der Waals surface area contributed by atoms with Gasteiger partial charge < -0.3 is 9.52 Å². The number of carboxylic acids is 1. The van der Waals surface area contributed by atoms with Crippen molar-refractivity contribution >= 4 is 5.97 Å². The van der Waals surface area contributed by atoms with Gasteiger partial charge in [-0.05, 0) is 38.1 Å². The van der Waals surface area contributed by atoms with E-state index in [4.69, 9.17) is 9.52 Å². The fraction of sp³-hybridized carbons (Fsp3) is 0.308. The summed E-state index contributed by atoms with van der Waals surface area (Å²) in [7, 11) is 0. The van der Waals surface area contributed by atoms with Crippen LogP contribution in [0.3, 0.4) is 0 Å². The predicted molar refractivity (Wildman–Crippen MR) is 65.7 cm³/mol. The molecule has 0 saturated carbocycles. The predicted octanol–water partition coefficient (Wildman–Crippen LogP) is 2.68. The standard InChI is InChI=1S/C13H13FN2O3/c1-13(2,7-14)12-16-15-10(19-12)8-3-5-9(6-4-8)11(17)18/h3-6H,7H2,1-2H3,(H,17,18). The lowest BCUT2D eigenvalue weighted by Gasteiger charge is -2.13. The minimum absolute atomic E-state index is 0.174. The molecular formula is C13H13FN2O3. The van der Waals surface area contributed by atoms with Crippen LogP contribution in [0.5, 0.6) is 0 Å². The summed E-state index contributed by atoms with van der Waals surface area (Å²) in [5.41, 5.74) is -0.0577. The molecule has 1 aromatic carbocycles. The van der Waals surface area contributed by atoms with E-state index in [2.05, 4.69) is 10.2 Å². The van der Waals surface area contributed by atoms with Crippen LogP contribution >= 0.6 is 0 Å². The topological polar surface area (TPSA) is 76.2 Å². The van der Waals surface area contributed by atoms with Crippen LogP contribution in [0.1, 0.15) is 30.1 Å². The molecule has 5 nitrogen and oxygen atoms in total. The molecule has 2 rings (SSSR count). The summed E-state index contributed by atoms with van der Waals surface area (Å²) >= 11 is 0. The van der Waals surface area contributed by atoms with Gasteiger partial charge in [-0.1, -0.05) is 0 Å². The van der Waals surface area contributed by atoms with Crippen molar-refractivity contribution in [1.29, 1.82) is 0 Å². The van der Waals surface area contributed by atoms with E-state index < -0.39 is 18.1 Å². The summed E-state index contributed by atoms with van der Waals surface area (Å²) in [6.45, 7) is 2.72. The molecule has 0 fully saturated rings. The second kappa shape index (κ2) is 4.79. The molecule has 1 N–H and O–H groups in total. The third-order valence-electron chi connectivity index (χ3n) is 2.72. The van der Waals surface area contributed by atoms with Crippen molar-refractivity contribution in [2.75, 3.05) is 6.67 Å². The molecule has 0 bridgehead atoms. The first-order valence-corrected chi connectivity index (χ1v) is 5.68. The fourth-order valence-corrected chi connectivity index (χ4v) is 1.43. The number of alkyl halides is 1. The summed E-state index contributed by atoms with van der Waals surface area (Å²) in [4.78, 5) is 10.7. The summed E-state index contributed by atoms with van der Waals surface area (Å²) in [5, 5.41) is 16.5. The summed E-state index contributed by atoms with van der Waals surface area (Å²) in [5.74, 6) is -0.544. The molecule has 0 radical (unpaired) electrons. The van der Waals surface area contributed by atoms with Crippen molar-refractivity contribution < 1.29 is 18.7 Å². The Labute approximate surface area is 109 Å². The minimum Gasteiger partial charge on any atom is -0.478 e. The van der Waals surface area contributed by atoms with E-state index in [1.54, 1.807) is 26.0 Å². The van der Waals surface area contributed by atoms with Crippen molar-refractivity contribution in [1.82, 2.24) is 10.2 Å². The van der Waals surface area contributed by atoms with Gasteiger partial charge in [0.1, 0.15) is 6.67 Å². The number of nitrogens with zero attached hydrogens (tertiary/aromatic N) is 2. The van der Waals surface area contributed by atoms with Gasteiger partial charge in [-0.15, -0.1) is 10.2 Å². The molecule has 0 aliphatic heterocycles. The van der Waals surface area contributed by atoms with E-state index in [-0.39, 0.29) is 17.3 Å². The van der Waals surface area contributed by atoms with Crippen LogP contribution < -0.4 is 0 Å². The van der Waals surface area contributed by atoms with Crippen molar-refractivity contribution in [2.24, 2.45) is 0 Å². The third kappa shape index (κ3) is 2.62. The van der Waals surface area contributed by atoms with E-state index in [1.807, 2.05) is 0 Å². The number of aromatic carboxylic acids is 1. The first-order valence-electron chi connectivity index (χ1n) is 5.68. The zero-order valence-electron chi connectivity index (χ0n) is 10.6. The highest BCUT2D eigenvalue weighted by molar-refractivity contribution is 5.88. The molecule has 2 aromatic rings. The molecule has 100 valence electrons. The molecule has 6 heteroatoms. The van der Waals surface area contributed by atoms with Crippen molar-refractivity contribution in [3.63, 3.8) is 0 Å². The number of rotatable bonds is 4. The van der Waals surface area contributed by atoms with Crippen molar-refractivity contribution in [3.05, 3.63) is 35.7 Å². The van der Waals surface area contributed by atoms with Gasteiger partial charge in [-0.3, -0.25) is 0 Å². The monoisotopic (exact) mass is 264 g/mol. The Morgan fingerprint density at radius 2 is 1.95 bits per heavy atom. The van der Waals surface area contributed by atoms with Crippen LogP contribution in [0.4, 0.5) is 4.39 Å². The highest BCUT2D eigenvalue weighted by Gasteiger charge is 2.27. The molecule has 0 spiro atoms. The Hall–Kier alpha value is -2.24. The molecule has 1 aromatic heterocycles. The third-order valence-corrected chi connectivity index (χ3v) is 2.72. The van der Waals surface area contributed by atoms with E-state index in [0.29, 0.717) is 5.56 Å². The zero-order chi connectivity index (χ0) is 14.0. The Kier molecular flexibility index (Phi) is 3.33. The molecule has 1 heterocycles. The van der Waals surface area contributed by atoms with Crippen LogP contribution in [0.15, 0.2) is 28.7 Å². The molecule has 0 atom stereocenters. The summed E-state index contributed by atoms with van der Waals surface area (Å²) in [6, 6.07) is 6.04. The van der Waals surface area contributed by atoms with Crippen LogP contribution in [0, 0.1) is 0 Å². The van der Waals surface area contributed by atoms with Gasteiger partial charge in [-0.25, -0.2) is 9.18 Å². The Morgan fingerprint density at radius 3 is 2.47 bits per heavy atom. The summed E-state index contributed by atoms with van der Waals surface area (Å²) < 4.78 is 18.2. The number of carboxylic acid groups (broad SMARTS) is 1. The lowest BCUT2D eigenvalue weighted by atomic mass is 9.96. The Bertz CT molecular complexity index is 590. The van der Waals surface area contributed by atoms with Gasteiger partial charge in [0, 0.05) is 5.56 Å². The number of benzene rings is 1. The van der Waals surface area contributed by atoms with Gasteiger partial charge in [0.25, 0.3) is 0 Å². The highest BCUT2D eigenvalue weighted by Crippen LogP contribution is 2.26. The van der Waals surface area contributed by atoms with E-state index >= 15 is 0 Å². The van der Waals surface area contributed by atoms with Gasteiger partial charge in [0.2, 0.25) is 11.8 Å². The van der Waals surface area contributed by atoms with Crippen molar-refractivity contribution in [2.45, 2.75) is 19.3 Å². The van der Waals surface area contributed by atoms with Gasteiger partial charge in [-0.2, -0.15) is 0 Å². The highest BCUT2D eigenvalue weighted by atomic mass is 19.1. The van der Waals surface area contributed by atoms with Crippen LogP contribution in [0.2, 0.25) is 0 Å². The average Bonchev–Trinajstić information content (AvgIpc) is 2.89.